The van der Waals surface area contributed by atoms with Crippen LogP contribution in [0.3, 0.4) is 0 Å². The van der Waals surface area contributed by atoms with Crippen LogP contribution >= 0.6 is 15.9 Å². The van der Waals surface area contributed by atoms with E-state index in [0.29, 0.717) is 4.47 Å². The Morgan fingerprint density at radius 2 is 1.70 bits per heavy atom. The maximum absolute atomic E-state index is 15.5. The Bertz CT molecular complexity index is 710. The highest BCUT2D eigenvalue weighted by Crippen LogP contribution is 2.41. The molecule has 1 saturated heterocycles. The van der Waals surface area contributed by atoms with Crippen molar-refractivity contribution in [3.63, 3.8) is 0 Å². The van der Waals surface area contributed by atoms with Gasteiger partial charge < -0.3 is 14.0 Å². The van der Waals surface area contributed by atoms with Crippen LogP contribution < -0.4 is 0 Å². The van der Waals surface area contributed by atoms with Gasteiger partial charge in [-0.2, -0.15) is 0 Å². The predicted octanol–water partition coefficient (Wildman–Crippen LogP) is 6.11. The number of halogens is 3. The van der Waals surface area contributed by atoms with Crippen molar-refractivity contribution < 1.29 is 22.8 Å². The monoisotopic (exact) mass is 444 g/mol. The zero-order chi connectivity index (χ0) is 20.6. The van der Waals surface area contributed by atoms with Crippen LogP contribution in [0.4, 0.5) is 8.78 Å². The molecule has 0 aromatic heterocycles. The van der Waals surface area contributed by atoms with Crippen molar-refractivity contribution >= 4 is 28.6 Å². The number of hydrogen-bond donors (Lipinski definition) is 0. The minimum absolute atomic E-state index is 0.175. The molecule has 0 amide bonds. The first-order valence-corrected chi connectivity index (χ1v) is 9.86. The smallest absolute Gasteiger partial charge is 0.398 e. The van der Waals surface area contributed by atoms with Crippen LogP contribution in [0.15, 0.2) is 28.4 Å². The third kappa shape index (κ3) is 5.40. The molecule has 1 aliphatic heterocycles. The third-order valence-corrected chi connectivity index (χ3v) is 5.38. The molecule has 150 valence electrons. The molecular formula is C20H28BBrF2O3. The van der Waals surface area contributed by atoms with E-state index in [1.165, 1.54) is 6.07 Å². The Kier molecular flexibility index (Phi) is 6.62. The van der Waals surface area contributed by atoms with E-state index in [9.17, 15) is 4.39 Å². The van der Waals surface area contributed by atoms with Gasteiger partial charge in [0.25, 0.3) is 0 Å². The molecule has 1 aromatic carbocycles. The second-order valence-electron chi connectivity index (χ2n) is 8.75. The lowest BCUT2D eigenvalue weighted by molar-refractivity contribution is 0.000552. The number of rotatable bonds is 5. The van der Waals surface area contributed by atoms with Crippen molar-refractivity contribution in [2.75, 3.05) is 6.61 Å². The first-order valence-electron chi connectivity index (χ1n) is 9.07. The Morgan fingerprint density at radius 1 is 1.15 bits per heavy atom. The molecular weight excluding hydrogens is 417 g/mol. The van der Waals surface area contributed by atoms with Gasteiger partial charge in [-0.05, 0) is 78.7 Å². The van der Waals surface area contributed by atoms with Crippen LogP contribution in [0.2, 0.25) is 0 Å². The van der Waals surface area contributed by atoms with Gasteiger partial charge in [0, 0.05) is 10.0 Å². The summed E-state index contributed by atoms with van der Waals surface area (Å²) in [6.45, 7) is 13.4. The summed E-state index contributed by atoms with van der Waals surface area (Å²) in [7, 11) is -1.18. The minimum atomic E-state index is -1.18. The molecule has 3 nitrogen and oxygen atoms in total. The van der Waals surface area contributed by atoms with Crippen LogP contribution in [-0.4, -0.2) is 30.5 Å². The Labute approximate surface area is 169 Å². The predicted molar refractivity (Wildman–Crippen MR) is 109 cm³/mol. The normalized spacial score (nSPS) is 20.0. The topological polar surface area (TPSA) is 27.7 Å². The van der Waals surface area contributed by atoms with Gasteiger partial charge in [-0.3, -0.25) is 0 Å². The summed E-state index contributed by atoms with van der Waals surface area (Å²) in [5, 5.41) is 0. The molecule has 0 aliphatic carbocycles. The van der Waals surface area contributed by atoms with Gasteiger partial charge in [0.15, 0.2) is 0 Å². The zero-order valence-electron chi connectivity index (χ0n) is 17.1. The van der Waals surface area contributed by atoms with E-state index >= 15 is 4.39 Å². The van der Waals surface area contributed by atoms with Crippen LogP contribution in [0.25, 0.3) is 5.57 Å². The second kappa shape index (κ2) is 7.93. The van der Waals surface area contributed by atoms with Gasteiger partial charge in [0.05, 0.1) is 23.4 Å². The van der Waals surface area contributed by atoms with Gasteiger partial charge in [-0.1, -0.05) is 15.9 Å². The van der Waals surface area contributed by atoms with Crippen molar-refractivity contribution in [2.24, 2.45) is 0 Å². The summed E-state index contributed by atoms with van der Waals surface area (Å²) in [5.41, 5.74) is -1.99. The second-order valence-corrected chi connectivity index (χ2v) is 9.67. The average Bonchev–Trinajstić information content (AvgIpc) is 2.73. The highest BCUT2D eigenvalue weighted by molar-refractivity contribution is 9.10. The fourth-order valence-corrected chi connectivity index (χ4v) is 3.02. The highest BCUT2D eigenvalue weighted by atomic mass is 79.9. The molecule has 7 heteroatoms. The molecule has 1 aromatic rings. The lowest BCUT2D eigenvalue weighted by atomic mass is 9.81. The summed E-state index contributed by atoms with van der Waals surface area (Å²) in [5.74, 6) is -0.504. The Morgan fingerprint density at radius 3 is 2.22 bits per heavy atom. The molecule has 1 aliphatic rings. The standard InChI is InChI=1S/C20H28BBrF2O3/c1-18(2,3)25-11-10-14(15-12-13(22)8-9-16(15)23)17(24)21-26-19(4,5)20(6,7)27-21/h8-9,12H,10-11H2,1-7H3. The molecule has 0 radical (unpaired) electrons. The fourth-order valence-electron chi connectivity index (χ4n) is 2.66. The maximum atomic E-state index is 15.5. The van der Waals surface area contributed by atoms with Crippen molar-refractivity contribution in [2.45, 2.75) is 71.7 Å². The van der Waals surface area contributed by atoms with Crippen molar-refractivity contribution in [3.8, 4) is 0 Å². The molecule has 0 bridgehead atoms. The van der Waals surface area contributed by atoms with Crippen LogP contribution in [-0.2, 0) is 14.0 Å². The van der Waals surface area contributed by atoms with Crippen LogP contribution in [0.1, 0.15) is 60.5 Å². The van der Waals surface area contributed by atoms with Crippen molar-refractivity contribution in [1.29, 1.82) is 0 Å². The lowest BCUT2D eigenvalue weighted by Crippen LogP contribution is -2.41. The van der Waals surface area contributed by atoms with E-state index in [0.717, 1.165) is 0 Å². The Balaban J connectivity index is 2.42. The van der Waals surface area contributed by atoms with E-state index in [1.807, 2.05) is 48.5 Å². The summed E-state index contributed by atoms with van der Waals surface area (Å²) in [4.78, 5) is 0. The minimum Gasteiger partial charge on any atom is -0.398 e. The van der Waals surface area contributed by atoms with E-state index in [2.05, 4.69) is 15.9 Å². The van der Waals surface area contributed by atoms with Gasteiger partial charge >= 0.3 is 7.12 Å². The summed E-state index contributed by atoms with van der Waals surface area (Å²) >= 11 is 3.33. The first kappa shape index (κ1) is 22.5. The number of benzene rings is 1. The molecule has 27 heavy (non-hydrogen) atoms. The van der Waals surface area contributed by atoms with E-state index in [1.54, 1.807) is 12.1 Å². The molecule has 2 rings (SSSR count). The van der Waals surface area contributed by atoms with Crippen LogP contribution in [0.5, 0.6) is 0 Å². The fraction of sp³-hybridized carbons (Fsp3) is 0.600. The summed E-state index contributed by atoms with van der Waals surface area (Å²) in [6, 6.07) is 4.45. The number of hydrogen-bond acceptors (Lipinski definition) is 3. The van der Waals surface area contributed by atoms with Gasteiger partial charge in [0.2, 0.25) is 0 Å². The van der Waals surface area contributed by atoms with Gasteiger partial charge in [0.1, 0.15) is 11.5 Å². The van der Waals surface area contributed by atoms with Gasteiger partial charge in [-0.25, -0.2) is 8.78 Å². The third-order valence-electron chi connectivity index (χ3n) is 4.89. The zero-order valence-corrected chi connectivity index (χ0v) is 18.7. The quantitative estimate of drug-likeness (QED) is 0.513. The maximum Gasteiger partial charge on any atom is 0.525 e. The van der Waals surface area contributed by atoms with Crippen molar-refractivity contribution in [3.05, 3.63) is 39.8 Å². The van der Waals surface area contributed by atoms with Crippen LogP contribution in [0, 0.1) is 5.82 Å². The molecule has 0 saturated carbocycles. The van der Waals surface area contributed by atoms with Gasteiger partial charge in [-0.15, -0.1) is 0 Å². The highest BCUT2D eigenvalue weighted by Gasteiger charge is 2.53. The molecule has 0 spiro atoms. The lowest BCUT2D eigenvalue weighted by Gasteiger charge is -2.32. The average molecular weight is 445 g/mol. The van der Waals surface area contributed by atoms with Crippen molar-refractivity contribution in [1.82, 2.24) is 0 Å². The van der Waals surface area contributed by atoms with E-state index in [-0.39, 0.29) is 29.8 Å². The van der Waals surface area contributed by atoms with E-state index < -0.39 is 29.9 Å². The van der Waals surface area contributed by atoms with E-state index in [4.69, 9.17) is 14.0 Å². The largest absolute Gasteiger partial charge is 0.525 e. The molecule has 0 atom stereocenters. The first-order chi connectivity index (χ1) is 12.2. The SMILES string of the molecule is CC(C)(C)OCCC(=C(F)B1OC(C)(C)C(C)(C)O1)c1cc(Br)ccc1F. The molecule has 1 fully saturated rings. The molecule has 0 N–H and O–H groups in total. The molecule has 1 heterocycles. The summed E-state index contributed by atoms with van der Waals surface area (Å²) < 4.78 is 48.0. The molecule has 0 unspecified atom stereocenters. The number of ether oxygens (including phenoxy) is 1. The Hall–Kier alpha value is -0.755. The summed E-state index contributed by atoms with van der Waals surface area (Å²) in [6.07, 6.45) is 0.195.